The van der Waals surface area contributed by atoms with Crippen LogP contribution >= 0.6 is 0 Å². The average Bonchev–Trinajstić information content (AvgIpc) is 3.94. The van der Waals surface area contributed by atoms with Crippen molar-refractivity contribution in [2.75, 3.05) is 0 Å². The zero-order chi connectivity index (χ0) is 37.5. The van der Waals surface area contributed by atoms with Gasteiger partial charge in [-0.2, -0.15) is 0 Å². The summed E-state index contributed by atoms with van der Waals surface area (Å²) in [5.41, 5.74) is 11.1. The number of aromatic nitrogens is 5. The smallest absolute Gasteiger partial charge is 0.164 e. The van der Waals surface area contributed by atoms with E-state index >= 15 is 0 Å². The molecule has 0 unspecified atom stereocenters. The fourth-order valence-corrected chi connectivity index (χ4v) is 8.57. The molecule has 0 saturated heterocycles. The molecule has 6 nitrogen and oxygen atoms in total. The molecular formula is C51H31N5O. The van der Waals surface area contributed by atoms with Crippen molar-refractivity contribution in [2.24, 2.45) is 0 Å². The van der Waals surface area contributed by atoms with Gasteiger partial charge in [0.15, 0.2) is 23.1 Å². The molecule has 0 amide bonds. The van der Waals surface area contributed by atoms with Gasteiger partial charge in [0.05, 0.1) is 22.1 Å². The first-order valence-electron chi connectivity index (χ1n) is 19.1. The highest BCUT2D eigenvalue weighted by Crippen LogP contribution is 2.42. The highest BCUT2D eigenvalue weighted by Gasteiger charge is 2.21. The average molecular weight is 730 g/mol. The molecule has 12 rings (SSSR count). The predicted octanol–water partition coefficient (Wildman–Crippen LogP) is 13.0. The quantitative estimate of drug-likeness (QED) is 0.177. The van der Waals surface area contributed by atoms with Crippen LogP contribution in [0.2, 0.25) is 0 Å². The molecule has 0 aliphatic rings. The van der Waals surface area contributed by atoms with Gasteiger partial charge in [-0.05, 0) is 60.7 Å². The summed E-state index contributed by atoms with van der Waals surface area (Å²) in [6.07, 6.45) is 0. The van der Waals surface area contributed by atoms with E-state index in [1.165, 1.54) is 21.8 Å². The van der Waals surface area contributed by atoms with Crippen LogP contribution in [0.4, 0.5) is 0 Å². The first kappa shape index (κ1) is 31.5. The maximum absolute atomic E-state index is 6.73. The number of furan rings is 1. The molecule has 0 N–H and O–H groups in total. The van der Waals surface area contributed by atoms with Crippen molar-refractivity contribution in [3.63, 3.8) is 0 Å². The van der Waals surface area contributed by atoms with Gasteiger partial charge >= 0.3 is 0 Å². The van der Waals surface area contributed by atoms with E-state index in [2.05, 4.69) is 124 Å². The Morgan fingerprint density at radius 1 is 0.333 bits per heavy atom. The molecule has 6 heteroatoms. The Morgan fingerprint density at radius 2 is 0.807 bits per heavy atom. The summed E-state index contributed by atoms with van der Waals surface area (Å²) in [4.78, 5) is 14.9. The SMILES string of the molecule is c1ccc(-c2nc(-c3ccccc3)nc(-c3ccc(-n4c5cc(-n6c7ccccc7c7ccccc76)ccc5c5ccc6c7ccccc7oc6c54)cc3)n2)cc1. The van der Waals surface area contributed by atoms with Gasteiger partial charge in [0.25, 0.3) is 0 Å². The third kappa shape index (κ3) is 4.87. The van der Waals surface area contributed by atoms with Crippen LogP contribution in [-0.2, 0) is 0 Å². The second kappa shape index (κ2) is 12.3. The van der Waals surface area contributed by atoms with Gasteiger partial charge in [0.2, 0.25) is 0 Å². The second-order valence-electron chi connectivity index (χ2n) is 14.4. The van der Waals surface area contributed by atoms with Crippen LogP contribution in [0.25, 0.3) is 111 Å². The van der Waals surface area contributed by atoms with E-state index in [-0.39, 0.29) is 0 Å². The summed E-state index contributed by atoms with van der Waals surface area (Å²) in [6, 6.07) is 65.6. The molecule has 0 fully saturated rings. The van der Waals surface area contributed by atoms with Crippen LogP contribution in [0.5, 0.6) is 0 Å². The van der Waals surface area contributed by atoms with Crippen molar-refractivity contribution < 1.29 is 4.42 Å². The molecule has 4 heterocycles. The number of hydrogen-bond acceptors (Lipinski definition) is 4. The number of hydrogen-bond donors (Lipinski definition) is 0. The van der Waals surface area contributed by atoms with E-state index < -0.39 is 0 Å². The van der Waals surface area contributed by atoms with Crippen molar-refractivity contribution >= 4 is 65.6 Å². The van der Waals surface area contributed by atoms with E-state index in [0.29, 0.717) is 17.5 Å². The first-order valence-corrected chi connectivity index (χ1v) is 19.1. The molecule has 0 saturated carbocycles. The lowest BCUT2D eigenvalue weighted by Crippen LogP contribution is -2.00. The number of nitrogens with zero attached hydrogens (tertiary/aromatic N) is 5. The van der Waals surface area contributed by atoms with Crippen LogP contribution in [0.1, 0.15) is 0 Å². The predicted molar refractivity (Wildman–Crippen MR) is 232 cm³/mol. The van der Waals surface area contributed by atoms with Crippen molar-refractivity contribution in [3.05, 3.63) is 188 Å². The maximum atomic E-state index is 6.73. The van der Waals surface area contributed by atoms with Crippen molar-refractivity contribution in [3.8, 4) is 45.5 Å². The van der Waals surface area contributed by atoms with Crippen LogP contribution in [0, 0.1) is 0 Å². The Labute approximate surface area is 326 Å². The normalized spacial score (nSPS) is 11.9. The fraction of sp³-hybridized carbons (Fsp3) is 0. The number of rotatable bonds is 5. The summed E-state index contributed by atoms with van der Waals surface area (Å²) >= 11 is 0. The Hall–Kier alpha value is -7.83. The summed E-state index contributed by atoms with van der Waals surface area (Å²) in [7, 11) is 0. The van der Waals surface area contributed by atoms with Crippen LogP contribution in [0.3, 0.4) is 0 Å². The van der Waals surface area contributed by atoms with Crippen molar-refractivity contribution in [1.29, 1.82) is 0 Å². The topological polar surface area (TPSA) is 61.7 Å². The minimum atomic E-state index is 0.616. The van der Waals surface area contributed by atoms with Gasteiger partial charge in [0, 0.05) is 60.4 Å². The van der Waals surface area contributed by atoms with E-state index in [4.69, 9.17) is 19.4 Å². The van der Waals surface area contributed by atoms with E-state index in [1.54, 1.807) is 0 Å². The minimum Gasteiger partial charge on any atom is -0.454 e. The second-order valence-corrected chi connectivity index (χ2v) is 14.4. The van der Waals surface area contributed by atoms with Gasteiger partial charge in [-0.3, -0.25) is 0 Å². The Bertz CT molecular complexity index is 3400. The lowest BCUT2D eigenvalue weighted by molar-refractivity contribution is 0.671. The monoisotopic (exact) mass is 729 g/mol. The maximum Gasteiger partial charge on any atom is 0.164 e. The molecule has 0 atom stereocenters. The number of para-hydroxylation sites is 3. The molecule has 0 radical (unpaired) electrons. The summed E-state index contributed by atoms with van der Waals surface area (Å²) in [5.74, 6) is 1.89. The van der Waals surface area contributed by atoms with E-state index in [0.717, 1.165) is 71.8 Å². The largest absolute Gasteiger partial charge is 0.454 e. The van der Waals surface area contributed by atoms with Gasteiger partial charge in [-0.1, -0.05) is 127 Å². The molecule has 266 valence electrons. The van der Waals surface area contributed by atoms with E-state index in [1.807, 2.05) is 72.8 Å². The zero-order valence-electron chi connectivity index (χ0n) is 30.5. The number of fused-ring (bicyclic) bond motifs is 10. The Kier molecular flexibility index (Phi) is 6.83. The third-order valence-corrected chi connectivity index (χ3v) is 11.2. The zero-order valence-corrected chi connectivity index (χ0v) is 30.5. The molecule has 8 aromatic carbocycles. The first-order chi connectivity index (χ1) is 28.3. The molecular weight excluding hydrogens is 699 g/mol. The standard InChI is InChI=1S/C51H31N5O/c1-3-13-32(14-4-1)49-52-50(33-15-5-2-6-16-33)54-51(53-49)34-23-25-35(26-24-34)56-45-31-36(55-43-20-10-7-17-37(43)38-18-8-11-21-44(38)55)27-28-39(45)41-29-30-42-40-19-9-12-22-46(40)57-48(42)47(41)56/h1-31H. The van der Waals surface area contributed by atoms with Crippen LogP contribution < -0.4 is 0 Å². The minimum absolute atomic E-state index is 0.616. The molecule has 0 aliphatic heterocycles. The third-order valence-electron chi connectivity index (χ3n) is 11.2. The highest BCUT2D eigenvalue weighted by atomic mass is 16.3. The molecule has 0 aliphatic carbocycles. The van der Waals surface area contributed by atoms with Crippen molar-refractivity contribution in [2.45, 2.75) is 0 Å². The van der Waals surface area contributed by atoms with Crippen molar-refractivity contribution in [1.82, 2.24) is 24.1 Å². The lowest BCUT2D eigenvalue weighted by Gasteiger charge is -2.12. The molecule has 4 aromatic heterocycles. The highest BCUT2D eigenvalue weighted by molar-refractivity contribution is 6.22. The Balaban J connectivity index is 1.09. The molecule has 12 aromatic rings. The summed E-state index contributed by atoms with van der Waals surface area (Å²) < 4.78 is 11.5. The van der Waals surface area contributed by atoms with Crippen LogP contribution in [0.15, 0.2) is 192 Å². The van der Waals surface area contributed by atoms with Crippen LogP contribution in [-0.4, -0.2) is 24.1 Å². The Morgan fingerprint density at radius 3 is 1.44 bits per heavy atom. The van der Waals surface area contributed by atoms with Gasteiger partial charge in [-0.15, -0.1) is 0 Å². The lowest BCUT2D eigenvalue weighted by atomic mass is 10.1. The molecule has 0 bridgehead atoms. The summed E-state index contributed by atoms with van der Waals surface area (Å²) in [6.45, 7) is 0. The van der Waals surface area contributed by atoms with Gasteiger partial charge in [0.1, 0.15) is 5.58 Å². The van der Waals surface area contributed by atoms with E-state index in [9.17, 15) is 0 Å². The van der Waals surface area contributed by atoms with Gasteiger partial charge < -0.3 is 13.6 Å². The fourth-order valence-electron chi connectivity index (χ4n) is 8.57. The van der Waals surface area contributed by atoms with Gasteiger partial charge in [-0.25, -0.2) is 15.0 Å². The molecule has 57 heavy (non-hydrogen) atoms. The summed E-state index contributed by atoms with van der Waals surface area (Å²) in [5, 5.41) is 6.94. The number of benzene rings is 8. The molecule has 0 spiro atoms.